The topological polar surface area (TPSA) is 0 Å². The van der Waals surface area contributed by atoms with Gasteiger partial charge in [-0.1, -0.05) is 13.8 Å². The highest BCUT2D eigenvalue weighted by molar-refractivity contribution is 5.08. The first kappa shape index (κ1) is 10.1. The van der Waals surface area contributed by atoms with Crippen LogP contribution in [0.5, 0.6) is 0 Å². The number of halogens is 1. The van der Waals surface area contributed by atoms with E-state index >= 15 is 0 Å². The number of hydrogen-bond donors (Lipinski definition) is 0. The fourth-order valence-corrected chi connectivity index (χ4v) is 5.36. The van der Waals surface area contributed by atoms with Crippen molar-refractivity contribution in [2.24, 2.45) is 28.6 Å². The molecule has 0 aromatic heterocycles. The molecule has 86 valence electrons. The summed E-state index contributed by atoms with van der Waals surface area (Å²) in [5, 5.41) is 0. The minimum atomic E-state index is -0.0472. The van der Waals surface area contributed by atoms with E-state index in [-0.39, 0.29) is 12.1 Å². The molecule has 2 atom stereocenters. The van der Waals surface area contributed by atoms with Gasteiger partial charge in [0.2, 0.25) is 0 Å². The van der Waals surface area contributed by atoms with Crippen LogP contribution in [0, 0.1) is 28.6 Å². The Balaban J connectivity index is 1.95. The molecule has 0 aliphatic heterocycles. The Bertz CT molecular complexity index is 255. The van der Waals surface area contributed by atoms with Crippen molar-refractivity contribution in [3.05, 3.63) is 0 Å². The standard InChI is InChI=1S/C14H23F/c1-10(2)14-6-11-3-12(7-14)5-13(4-11,8-14)9-15/h10-12H,3-9H2,1-2H3. The predicted molar refractivity (Wildman–Crippen MR) is 60.4 cm³/mol. The highest BCUT2D eigenvalue weighted by Gasteiger charge is 2.58. The van der Waals surface area contributed by atoms with E-state index < -0.39 is 0 Å². The van der Waals surface area contributed by atoms with E-state index in [0.29, 0.717) is 5.41 Å². The average molecular weight is 210 g/mol. The van der Waals surface area contributed by atoms with Crippen LogP contribution in [0.25, 0.3) is 0 Å². The quantitative estimate of drug-likeness (QED) is 0.641. The summed E-state index contributed by atoms with van der Waals surface area (Å²) in [7, 11) is 0. The number of alkyl halides is 1. The van der Waals surface area contributed by atoms with Crippen molar-refractivity contribution in [3.63, 3.8) is 0 Å². The smallest absolute Gasteiger partial charge is 0.0951 e. The van der Waals surface area contributed by atoms with Gasteiger partial charge < -0.3 is 0 Å². The van der Waals surface area contributed by atoms with Crippen molar-refractivity contribution < 1.29 is 4.39 Å². The van der Waals surface area contributed by atoms with E-state index in [1.54, 1.807) is 0 Å². The molecule has 15 heavy (non-hydrogen) atoms. The Kier molecular flexibility index (Phi) is 2.01. The molecule has 2 unspecified atom stereocenters. The van der Waals surface area contributed by atoms with Gasteiger partial charge in [0, 0.05) is 0 Å². The van der Waals surface area contributed by atoms with Crippen molar-refractivity contribution >= 4 is 0 Å². The molecule has 0 radical (unpaired) electrons. The van der Waals surface area contributed by atoms with Gasteiger partial charge in [-0.15, -0.1) is 0 Å². The van der Waals surface area contributed by atoms with E-state index in [9.17, 15) is 4.39 Å². The summed E-state index contributed by atoms with van der Waals surface area (Å²) in [6, 6.07) is 0. The fourth-order valence-electron chi connectivity index (χ4n) is 5.36. The van der Waals surface area contributed by atoms with Crippen molar-refractivity contribution in [2.75, 3.05) is 6.67 Å². The van der Waals surface area contributed by atoms with Gasteiger partial charge in [-0.25, -0.2) is 0 Å². The largest absolute Gasteiger partial charge is 0.250 e. The van der Waals surface area contributed by atoms with E-state index in [4.69, 9.17) is 0 Å². The van der Waals surface area contributed by atoms with Crippen LogP contribution in [0.4, 0.5) is 4.39 Å². The molecule has 0 N–H and O–H groups in total. The van der Waals surface area contributed by atoms with Gasteiger partial charge in [0.25, 0.3) is 0 Å². The van der Waals surface area contributed by atoms with Crippen LogP contribution in [-0.2, 0) is 0 Å². The summed E-state index contributed by atoms with van der Waals surface area (Å²) in [5.41, 5.74) is 0.643. The summed E-state index contributed by atoms with van der Waals surface area (Å²) >= 11 is 0. The highest BCUT2D eigenvalue weighted by atomic mass is 19.1. The Labute approximate surface area is 92.6 Å². The summed E-state index contributed by atoms with van der Waals surface area (Å²) in [4.78, 5) is 0. The Hall–Kier alpha value is -0.0700. The molecule has 4 fully saturated rings. The van der Waals surface area contributed by atoms with Crippen LogP contribution in [0.1, 0.15) is 52.4 Å². The van der Waals surface area contributed by atoms with Crippen LogP contribution in [-0.4, -0.2) is 6.67 Å². The van der Waals surface area contributed by atoms with Gasteiger partial charge in [-0.3, -0.25) is 4.39 Å². The van der Waals surface area contributed by atoms with Gasteiger partial charge >= 0.3 is 0 Å². The van der Waals surface area contributed by atoms with Gasteiger partial charge in [-0.05, 0) is 67.1 Å². The van der Waals surface area contributed by atoms with Crippen LogP contribution >= 0.6 is 0 Å². The third-order valence-electron chi connectivity index (χ3n) is 5.74. The maximum Gasteiger partial charge on any atom is 0.0951 e. The molecule has 0 heterocycles. The zero-order chi connectivity index (χ0) is 10.7. The minimum Gasteiger partial charge on any atom is -0.250 e. The summed E-state index contributed by atoms with van der Waals surface area (Å²) in [6.07, 6.45) is 7.83. The molecular weight excluding hydrogens is 187 g/mol. The van der Waals surface area contributed by atoms with Crippen molar-refractivity contribution in [3.8, 4) is 0 Å². The first-order valence-electron chi connectivity index (χ1n) is 6.64. The van der Waals surface area contributed by atoms with Gasteiger partial charge in [0.1, 0.15) is 0 Å². The predicted octanol–water partition coefficient (Wildman–Crippen LogP) is 4.20. The monoisotopic (exact) mass is 210 g/mol. The highest BCUT2D eigenvalue weighted by Crippen LogP contribution is 2.67. The first-order valence-corrected chi connectivity index (χ1v) is 6.64. The number of rotatable bonds is 2. The molecule has 0 saturated heterocycles. The van der Waals surface area contributed by atoms with Crippen molar-refractivity contribution in [1.29, 1.82) is 0 Å². The van der Waals surface area contributed by atoms with E-state index in [1.165, 1.54) is 38.5 Å². The molecule has 0 spiro atoms. The molecule has 0 amide bonds. The molecule has 4 rings (SSSR count). The lowest BCUT2D eigenvalue weighted by Gasteiger charge is -2.63. The van der Waals surface area contributed by atoms with Gasteiger partial charge in [0.15, 0.2) is 0 Å². The van der Waals surface area contributed by atoms with E-state index in [2.05, 4.69) is 13.8 Å². The lowest BCUT2D eigenvalue weighted by Crippen LogP contribution is -2.54. The van der Waals surface area contributed by atoms with E-state index in [1.807, 2.05) is 0 Å². The summed E-state index contributed by atoms with van der Waals surface area (Å²) in [6.45, 7) is 4.67. The second-order valence-electron chi connectivity index (χ2n) is 7.11. The van der Waals surface area contributed by atoms with Crippen LogP contribution in [0.3, 0.4) is 0 Å². The van der Waals surface area contributed by atoms with Crippen LogP contribution < -0.4 is 0 Å². The Morgan fingerprint density at radius 3 is 2.20 bits per heavy atom. The van der Waals surface area contributed by atoms with Crippen LogP contribution in [0.2, 0.25) is 0 Å². The molecule has 0 aromatic rings. The first-order chi connectivity index (χ1) is 7.07. The average Bonchev–Trinajstić information content (AvgIpc) is 2.15. The third kappa shape index (κ3) is 1.31. The molecular formula is C14H23F. The van der Waals surface area contributed by atoms with Crippen molar-refractivity contribution in [2.45, 2.75) is 52.4 Å². The summed E-state index contributed by atoms with van der Waals surface area (Å²) in [5.74, 6) is 2.49. The normalized spacial score (nSPS) is 52.8. The zero-order valence-electron chi connectivity index (χ0n) is 10.1. The Morgan fingerprint density at radius 1 is 1.13 bits per heavy atom. The third-order valence-corrected chi connectivity index (χ3v) is 5.74. The molecule has 4 aliphatic rings. The van der Waals surface area contributed by atoms with Gasteiger partial charge in [-0.2, -0.15) is 0 Å². The lowest BCUT2D eigenvalue weighted by atomic mass is 9.42. The molecule has 1 heteroatoms. The molecule has 4 saturated carbocycles. The minimum absolute atomic E-state index is 0.0472. The van der Waals surface area contributed by atoms with Crippen molar-refractivity contribution in [1.82, 2.24) is 0 Å². The lowest BCUT2D eigenvalue weighted by molar-refractivity contribution is -0.137. The SMILES string of the molecule is CC(C)C12CC3CC(CC(CF)(C3)C1)C2. The fraction of sp³-hybridized carbons (Fsp3) is 1.00. The summed E-state index contributed by atoms with van der Waals surface area (Å²) < 4.78 is 13.4. The second kappa shape index (κ2) is 2.99. The van der Waals surface area contributed by atoms with Crippen LogP contribution in [0.15, 0.2) is 0 Å². The second-order valence-corrected chi connectivity index (χ2v) is 7.11. The van der Waals surface area contributed by atoms with Gasteiger partial charge in [0.05, 0.1) is 6.67 Å². The maximum atomic E-state index is 13.4. The molecule has 4 aliphatic carbocycles. The maximum absolute atomic E-state index is 13.4. The molecule has 0 nitrogen and oxygen atoms in total. The Morgan fingerprint density at radius 2 is 1.73 bits per heavy atom. The zero-order valence-corrected chi connectivity index (χ0v) is 10.1. The number of hydrogen-bond acceptors (Lipinski definition) is 0. The van der Waals surface area contributed by atoms with E-state index in [0.717, 1.165) is 17.8 Å². The molecule has 0 aromatic carbocycles. The molecule has 4 bridgehead atoms.